The Morgan fingerprint density at radius 3 is 2.62 bits per heavy atom. The number of carbonyl (C=O) groups is 1. The number of para-hydroxylation sites is 1. The minimum absolute atomic E-state index is 0.0447. The van der Waals surface area contributed by atoms with Gasteiger partial charge in [-0.25, -0.2) is 4.39 Å². The molecule has 1 aliphatic rings. The predicted molar refractivity (Wildman–Crippen MR) is 133 cm³/mol. The van der Waals surface area contributed by atoms with Crippen LogP contribution in [0.1, 0.15) is 23.5 Å². The lowest BCUT2D eigenvalue weighted by atomic mass is 10.0. The number of anilines is 1. The van der Waals surface area contributed by atoms with Gasteiger partial charge in [-0.1, -0.05) is 30.3 Å². The van der Waals surface area contributed by atoms with Crippen molar-refractivity contribution in [3.8, 4) is 5.69 Å². The highest BCUT2D eigenvalue weighted by molar-refractivity contribution is 7.80. The van der Waals surface area contributed by atoms with E-state index in [0.29, 0.717) is 16.5 Å². The fraction of sp³-hybridized carbons (Fsp3) is 0.115. The van der Waals surface area contributed by atoms with Gasteiger partial charge in [0.2, 0.25) is 5.91 Å². The molecule has 1 amide bonds. The summed E-state index contributed by atoms with van der Waals surface area (Å²) in [5, 5.41) is 6.72. The van der Waals surface area contributed by atoms with Gasteiger partial charge in [-0.15, -0.1) is 0 Å². The third-order valence-electron chi connectivity index (χ3n) is 5.74. The highest BCUT2D eigenvalue weighted by Crippen LogP contribution is 2.39. The minimum atomic E-state index is -0.345. The van der Waals surface area contributed by atoms with E-state index >= 15 is 0 Å². The summed E-state index contributed by atoms with van der Waals surface area (Å²) < 4.78 is 15.9. The first-order chi connectivity index (χ1) is 16.6. The van der Waals surface area contributed by atoms with Crippen molar-refractivity contribution in [2.45, 2.75) is 12.1 Å². The highest BCUT2D eigenvalue weighted by atomic mass is 32.1. The lowest BCUT2D eigenvalue weighted by molar-refractivity contribution is -0.116. The largest absolute Gasteiger partial charge is 0.352 e. The fourth-order valence-corrected chi connectivity index (χ4v) is 4.58. The van der Waals surface area contributed by atoms with Crippen molar-refractivity contribution in [1.82, 2.24) is 19.8 Å². The number of thiocarbonyl (C=S) groups is 1. The number of nitrogens with one attached hydrogen (secondary N) is 2. The summed E-state index contributed by atoms with van der Waals surface area (Å²) in [4.78, 5) is 19.4. The molecule has 4 aromatic rings. The van der Waals surface area contributed by atoms with Gasteiger partial charge in [0.25, 0.3) is 0 Å². The molecule has 3 heterocycles. The van der Waals surface area contributed by atoms with Crippen molar-refractivity contribution in [2.24, 2.45) is 0 Å². The second kappa shape index (κ2) is 9.44. The predicted octanol–water partition coefficient (Wildman–Crippen LogP) is 4.62. The van der Waals surface area contributed by atoms with Gasteiger partial charge in [0.05, 0.1) is 17.8 Å². The number of amides is 1. The smallest absolute Gasteiger partial charge is 0.244 e. The molecule has 0 aliphatic carbocycles. The van der Waals surface area contributed by atoms with Crippen LogP contribution >= 0.6 is 12.2 Å². The van der Waals surface area contributed by atoms with Crippen molar-refractivity contribution >= 4 is 28.9 Å². The van der Waals surface area contributed by atoms with Crippen molar-refractivity contribution in [3.63, 3.8) is 0 Å². The summed E-state index contributed by atoms with van der Waals surface area (Å²) in [7, 11) is 0. The molecule has 1 aliphatic heterocycles. The summed E-state index contributed by atoms with van der Waals surface area (Å²) in [6.07, 6.45) is 3.61. The molecule has 2 aromatic heterocycles. The maximum atomic E-state index is 14.0. The highest BCUT2D eigenvalue weighted by Gasteiger charge is 2.42. The van der Waals surface area contributed by atoms with Crippen LogP contribution in [0.5, 0.6) is 0 Å². The summed E-state index contributed by atoms with van der Waals surface area (Å²) in [5.41, 5.74) is 3.06. The normalized spacial score (nSPS) is 17.4. The third kappa shape index (κ3) is 4.40. The molecule has 8 heteroatoms. The van der Waals surface area contributed by atoms with E-state index in [1.165, 1.54) is 12.1 Å². The average Bonchev–Trinajstić information content (AvgIpc) is 3.45. The van der Waals surface area contributed by atoms with Crippen molar-refractivity contribution < 1.29 is 9.18 Å². The molecule has 0 radical (unpaired) electrons. The molecule has 0 bridgehead atoms. The van der Waals surface area contributed by atoms with Gasteiger partial charge in [-0.2, -0.15) is 0 Å². The number of benzene rings is 2. The van der Waals surface area contributed by atoms with Crippen molar-refractivity contribution in [1.29, 1.82) is 0 Å². The van der Waals surface area contributed by atoms with Crippen LogP contribution in [0.3, 0.4) is 0 Å². The van der Waals surface area contributed by atoms with Gasteiger partial charge >= 0.3 is 0 Å². The van der Waals surface area contributed by atoms with Crippen LogP contribution in [-0.4, -0.2) is 32.0 Å². The first-order valence-corrected chi connectivity index (χ1v) is 11.3. The quantitative estimate of drug-likeness (QED) is 0.402. The number of hydrogen-bond donors (Lipinski definition) is 2. The van der Waals surface area contributed by atoms with Crippen LogP contribution in [0.4, 0.5) is 10.1 Å². The maximum absolute atomic E-state index is 14.0. The molecule has 0 unspecified atom stereocenters. The second-order valence-electron chi connectivity index (χ2n) is 7.95. The molecule has 1 fully saturated rings. The van der Waals surface area contributed by atoms with E-state index < -0.39 is 0 Å². The summed E-state index contributed by atoms with van der Waals surface area (Å²) in [6.45, 7) is 0.0447. The SMILES string of the molecule is O=C(CN1C(=S)N[C@@H](c2ccccn2)[C@@H]1c1cccn1-c1cccc(F)c1)Nc1ccccc1. The number of halogens is 1. The van der Waals surface area contributed by atoms with E-state index in [1.807, 2.05) is 82.4 Å². The molecule has 2 atom stereocenters. The molecule has 0 spiro atoms. The molecule has 2 aromatic carbocycles. The molecule has 5 rings (SSSR count). The maximum Gasteiger partial charge on any atom is 0.244 e. The molecule has 170 valence electrons. The molecule has 1 saturated heterocycles. The number of hydrogen-bond acceptors (Lipinski definition) is 3. The molecule has 0 saturated carbocycles. The van der Waals surface area contributed by atoms with Crippen LogP contribution in [0.15, 0.2) is 97.3 Å². The zero-order chi connectivity index (χ0) is 23.5. The lowest BCUT2D eigenvalue weighted by Crippen LogP contribution is -2.37. The fourth-order valence-electron chi connectivity index (χ4n) is 4.27. The topological polar surface area (TPSA) is 62.2 Å². The monoisotopic (exact) mass is 471 g/mol. The van der Waals surface area contributed by atoms with Crippen LogP contribution in [0.2, 0.25) is 0 Å². The van der Waals surface area contributed by atoms with E-state index in [-0.39, 0.29) is 30.4 Å². The lowest BCUT2D eigenvalue weighted by Gasteiger charge is -2.28. The van der Waals surface area contributed by atoms with E-state index in [0.717, 1.165) is 11.4 Å². The van der Waals surface area contributed by atoms with E-state index in [9.17, 15) is 9.18 Å². The van der Waals surface area contributed by atoms with Crippen molar-refractivity contribution in [3.05, 3.63) is 115 Å². The number of pyridine rings is 1. The third-order valence-corrected chi connectivity index (χ3v) is 6.09. The van der Waals surface area contributed by atoms with Gasteiger partial charge in [0.1, 0.15) is 12.4 Å². The number of rotatable bonds is 6. The summed E-state index contributed by atoms with van der Waals surface area (Å²) >= 11 is 5.67. The first kappa shape index (κ1) is 21.8. The van der Waals surface area contributed by atoms with E-state index in [2.05, 4.69) is 15.6 Å². The Bertz CT molecular complexity index is 1310. The van der Waals surface area contributed by atoms with Crippen LogP contribution < -0.4 is 10.6 Å². The Labute approximate surface area is 202 Å². The minimum Gasteiger partial charge on any atom is -0.352 e. The van der Waals surface area contributed by atoms with Gasteiger partial charge < -0.3 is 20.1 Å². The van der Waals surface area contributed by atoms with Crippen LogP contribution in [0, 0.1) is 5.82 Å². The Hall–Kier alpha value is -4.04. The van der Waals surface area contributed by atoms with Crippen LogP contribution in [-0.2, 0) is 4.79 Å². The number of carbonyl (C=O) groups excluding carboxylic acids is 1. The molecule has 6 nitrogen and oxygen atoms in total. The van der Waals surface area contributed by atoms with Crippen LogP contribution in [0.25, 0.3) is 5.69 Å². The Morgan fingerprint density at radius 1 is 1.03 bits per heavy atom. The Balaban J connectivity index is 1.52. The molecular weight excluding hydrogens is 449 g/mol. The van der Waals surface area contributed by atoms with E-state index in [1.54, 1.807) is 12.3 Å². The first-order valence-electron chi connectivity index (χ1n) is 10.9. The van der Waals surface area contributed by atoms with E-state index in [4.69, 9.17) is 12.2 Å². The average molecular weight is 472 g/mol. The van der Waals surface area contributed by atoms with Gasteiger partial charge in [0.15, 0.2) is 5.11 Å². The molecule has 2 N–H and O–H groups in total. The zero-order valence-electron chi connectivity index (χ0n) is 18.1. The van der Waals surface area contributed by atoms with Crippen molar-refractivity contribution in [2.75, 3.05) is 11.9 Å². The standard InChI is InChI=1S/C26H22FN5OS/c27-18-8-6-11-20(16-18)31-15-7-13-22(31)25-24(21-12-4-5-14-28-21)30-26(34)32(25)17-23(33)29-19-9-2-1-3-10-19/h1-16,24-25H,17H2,(H,29,33)(H,30,34)/t24-,25-/m0/s1. The Morgan fingerprint density at radius 2 is 1.85 bits per heavy atom. The number of aromatic nitrogens is 2. The van der Waals surface area contributed by atoms with Gasteiger partial charge in [-0.05, 0) is 66.8 Å². The van der Waals surface area contributed by atoms with Gasteiger partial charge in [-0.3, -0.25) is 9.78 Å². The molecular formula is C26H22FN5OS. The Kier molecular flexibility index (Phi) is 6.05. The number of nitrogens with zero attached hydrogens (tertiary/aromatic N) is 3. The second-order valence-corrected chi connectivity index (χ2v) is 8.34. The molecule has 34 heavy (non-hydrogen) atoms. The summed E-state index contributed by atoms with van der Waals surface area (Å²) in [6, 6.07) is 24.6. The van der Waals surface area contributed by atoms with Gasteiger partial charge in [0, 0.05) is 29.5 Å². The zero-order valence-corrected chi connectivity index (χ0v) is 19.0. The summed E-state index contributed by atoms with van der Waals surface area (Å²) in [5.74, 6) is -0.511.